The molecule has 2 N–H and O–H groups in total. The molecule has 2 aromatic carbocycles. The quantitative estimate of drug-likeness (QED) is 0.743. The van der Waals surface area contributed by atoms with E-state index in [1.54, 1.807) is 18.2 Å². The third-order valence-corrected chi connectivity index (χ3v) is 5.84. The van der Waals surface area contributed by atoms with E-state index >= 15 is 0 Å². The zero-order valence-electron chi connectivity index (χ0n) is 14.5. The highest BCUT2D eigenvalue weighted by Crippen LogP contribution is 2.21. The number of sulfonamides is 1. The summed E-state index contributed by atoms with van der Waals surface area (Å²) in [7, 11) is -3.78. The van der Waals surface area contributed by atoms with E-state index in [-0.39, 0.29) is 10.8 Å². The molecule has 0 unspecified atom stereocenters. The molecule has 26 heavy (non-hydrogen) atoms. The zero-order chi connectivity index (χ0) is 18.9. The minimum Gasteiger partial charge on any atom is -0.316 e. The Hall–Kier alpha value is -2.29. The Balaban J connectivity index is 2.17. The van der Waals surface area contributed by atoms with Crippen LogP contribution >= 0.6 is 11.3 Å². The van der Waals surface area contributed by atoms with Crippen molar-refractivity contribution in [2.24, 2.45) is 10.1 Å². The van der Waals surface area contributed by atoms with E-state index in [9.17, 15) is 13.2 Å². The van der Waals surface area contributed by atoms with Gasteiger partial charge in [0, 0.05) is 12.1 Å². The van der Waals surface area contributed by atoms with Gasteiger partial charge in [0.05, 0.1) is 15.1 Å². The van der Waals surface area contributed by atoms with Crippen molar-refractivity contribution in [2.45, 2.75) is 31.7 Å². The molecule has 0 saturated carbocycles. The van der Waals surface area contributed by atoms with Crippen LogP contribution in [0.4, 0.5) is 0 Å². The fourth-order valence-electron chi connectivity index (χ4n) is 2.69. The van der Waals surface area contributed by atoms with Gasteiger partial charge in [-0.3, -0.25) is 4.79 Å². The van der Waals surface area contributed by atoms with E-state index in [0.29, 0.717) is 16.9 Å². The Labute approximate surface area is 155 Å². The number of nitrogens with zero attached hydrogens (tertiary/aromatic N) is 2. The van der Waals surface area contributed by atoms with Crippen molar-refractivity contribution >= 4 is 37.5 Å². The Morgan fingerprint density at radius 1 is 1.23 bits per heavy atom. The van der Waals surface area contributed by atoms with Gasteiger partial charge in [0.15, 0.2) is 4.80 Å². The molecule has 0 aliphatic carbocycles. The number of hydrogen-bond acceptors (Lipinski definition) is 4. The number of hydrogen-bond donors (Lipinski definition) is 1. The van der Waals surface area contributed by atoms with Crippen LogP contribution in [-0.4, -0.2) is 18.9 Å². The highest BCUT2D eigenvalue weighted by Gasteiger charge is 2.13. The number of aromatic nitrogens is 1. The summed E-state index contributed by atoms with van der Waals surface area (Å²) in [5.41, 5.74) is 2.34. The van der Waals surface area contributed by atoms with Crippen LogP contribution in [0.2, 0.25) is 0 Å². The molecule has 0 aliphatic rings. The van der Waals surface area contributed by atoms with Crippen molar-refractivity contribution in [1.82, 2.24) is 4.57 Å². The maximum Gasteiger partial charge on any atom is 0.279 e. The Morgan fingerprint density at radius 2 is 2.00 bits per heavy atom. The van der Waals surface area contributed by atoms with Crippen molar-refractivity contribution in [3.05, 3.63) is 58.4 Å². The largest absolute Gasteiger partial charge is 0.316 e. The second-order valence-electron chi connectivity index (χ2n) is 6.00. The smallest absolute Gasteiger partial charge is 0.279 e. The van der Waals surface area contributed by atoms with Crippen LogP contribution in [0.15, 0.2) is 52.4 Å². The molecular weight excluding hydrogens is 370 g/mol. The molecule has 0 spiro atoms. The topological polar surface area (TPSA) is 94.5 Å². The van der Waals surface area contributed by atoms with Crippen LogP contribution in [-0.2, 0) is 16.6 Å². The Kier molecular flexibility index (Phi) is 5.08. The van der Waals surface area contributed by atoms with Gasteiger partial charge in [-0.15, -0.1) is 0 Å². The van der Waals surface area contributed by atoms with Gasteiger partial charge in [0.25, 0.3) is 5.91 Å². The SMILES string of the molecule is CCCn1c(=NC(=O)c2cccc(C)c2)sc2cc(S(N)(=O)=O)ccc21. The first-order valence-electron chi connectivity index (χ1n) is 8.11. The molecular formula is C18H19N3O3S2. The lowest BCUT2D eigenvalue weighted by molar-refractivity contribution is 0.0997. The number of rotatable bonds is 4. The number of amides is 1. The average Bonchev–Trinajstić information content (AvgIpc) is 2.91. The highest BCUT2D eigenvalue weighted by molar-refractivity contribution is 7.89. The molecule has 3 rings (SSSR count). The summed E-state index contributed by atoms with van der Waals surface area (Å²) < 4.78 is 25.8. The first kappa shape index (κ1) is 18.5. The fraction of sp³-hybridized carbons (Fsp3) is 0.222. The van der Waals surface area contributed by atoms with Gasteiger partial charge >= 0.3 is 0 Å². The predicted octanol–water partition coefficient (Wildman–Crippen LogP) is 2.81. The summed E-state index contributed by atoms with van der Waals surface area (Å²) in [5, 5.41) is 5.21. The summed E-state index contributed by atoms with van der Waals surface area (Å²) in [6.07, 6.45) is 0.856. The number of carbonyl (C=O) groups is 1. The van der Waals surface area contributed by atoms with E-state index in [1.165, 1.54) is 23.5 Å². The Bertz CT molecular complexity index is 1160. The standard InChI is InChI=1S/C18H19N3O3S2/c1-3-9-21-15-8-7-14(26(19,23)24)11-16(15)25-18(21)20-17(22)13-6-4-5-12(2)10-13/h4-8,10-11H,3,9H2,1-2H3,(H2,19,23,24). The van der Waals surface area contributed by atoms with Gasteiger partial charge < -0.3 is 4.57 Å². The minimum atomic E-state index is -3.78. The van der Waals surface area contributed by atoms with Crippen LogP contribution in [0, 0.1) is 6.92 Å². The molecule has 0 bridgehead atoms. The Morgan fingerprint density at radius 3 is 2.65 bits per heavy atom. The fourth-order valence-corrected chi connectivity index (χ4v) is 4.39. The number of fused-ring (bicyclic) bond motifs is 1. The van der Waals surface area contributed by atoms with Gasteiger partial charge in [0.2, 0.25) is 10.0 Å². The maximum absolute atomic E-state index is 12.5. The summed E-state index contributed by atoms with van der Waals surface area (Å²) in [4.78, 5) is 17.4. The molecule has 0 aliphatic heterocycles. The molecule has 0 radical (unpaired) electrons. The second-order valence-corrected chi connectivity index (χ2v) is 8.57. The third kappa shape index (κ3) is 3.77. The molecule has 136 valence electrons. The lowest BCUT2D eigenvalue weighted by atomic mass is 10.1. The summed E-state index contributed by atoms with van der Waals surface area (Å²) in [5.74, 6) is -0.322. The number of carbonyl (C=O) groups excluding carboxylic acids is 1. The molecule has 0 saturated heterocycles. The number of aryl methyl sites for hydroxylation is 2. The van der Waals surface area contributed by atoms with Crippen molar-refractivity contribution in [3.8, 4) is 0 Å². The average molecular weight is 390 g/mol. The van der Waals surface area contributed by atoms with Crippen molar-refractivity contribution in [1.29, 1.82) is 0 Å². The van der Waals surface area contributed by atoms with Gasteiger partial charge in [-0.25, -0.2) is 13.6 Å². The third-order valence-electron chi connectivity index (χ3n) is 3.89. The highest BCUT2D eigenvalue weighted by atomic mass is 32.2. The normalized spacial score (nSPS) is 12.7. The summed E-state index contributed by atoms with van der Waals surface area (Å²) in [6.45, 7) is 4.62. The van der Waals surface area contributed by atoms with Crippen molar-refractivity contribution in [2.75, 3.05) is 0 Å². The molecule has 1 heterocycles. The predicted molar refractivity (Wildman–Crippen MR) is 103 cm³/mol. The zero-order valence-corrected chi connectivity index (χ0v) is 16.1. The van der Waals surface area contributed by atoms with Crippen LogP contribution in [0.3, 0.4) is 0 Å². The first-order valence-corrected chi connectivity index (χ1v) is 10.5. The lowest BCUT2D eigenvalue weighted by Gasteiger charge is -2.03. The minimum absolute atomic E-state index is 0.0476. The number of benzene rings is 2. The van der Waals surface area contributed by atoms with E-state index < -0.39 is 10.0 Å². The van der Waals surface area contributed by atoms with E-state index in [2.05, 4.69) is 4.99 Å². The monoisotopic (exact) mass is 389 g/mol. The molecule has 6 nitrogen and oxygen atoms in total. The van der Waals surface area contributed by atoms with Gasteiger partial charge in [-0.1, -0.05) is 36.0 Å². The molecule has 1 amide bonds. The summed E-state index contributed by atoms with van der Waals surface area (Å²) >= 11 is 1.28. The van der Waals surface area contributed by atoms with E-state index in [4.69, 9.17) is 5.14 Å². The number of thiazole rings is 1. The van der Waals surface area contributed by atoms with E-state index in [0.717, 1.165) is 22.2 Å². The maximum atomic E-state index is 12.5. The van der Waals surface area contributed by atoms with Gasteiger partial charge in [-0.05, 0) is 43.7 Å². The van der Waals surface area contributed by atoms with E-state index in [1.807, 2.05) is 30.5 Å². The molecule has 8 heteroatoms. The van der Waals surface area contributed by atoms with Crippen LogP contribution < -0.4 is 9.94 Å². The molecule has 0 fully saturated rings. The first-order chi connectivity index (χ1) is 12.3. The van der Waals surface area contributed by atoms with Gasteiger partial charge in [-0.2, -0.15) is 4.99 Å². The van der Waals surface area contributed by atoms with Crippen LogP contribution in [0.5, 0.6) is 0 Å². The molecule has 3 aromatic rings. The van der Waals surface area contributed by atoms with Gasteiger partial charge in [0.1, 0.15) is 0 Å². The lowest BCUT2D eigenvalue weighted by Crippen LogP contribution is -2.17. The van der Waals surface area contributed by atoms with Crippen molar-refractivity contribution in [3.63, 3.8) is 0 Å². The summed E-state index contributed by atoms with van der Waals surface area (Å²) in [6, 6.07) is 12.0. The van der Waals surface area contributed by atoms with Crippen molar-refractivity contribution < 1.29 is 13.2 Å². The number of nitrogens with two attached hydrogens (primary N) is 1. The van der Waals surface area contributed by atoms with Crippen LogP contribution in [0.1, 0.15) is 29.3 Å². The second kappa shape index (κ2) is 7.14. The van der Waals surface area contributed by atoms with Crippen LogP contribution in [0.25, 0.3) is 10.2 Å². The molecule has 0 atom stereocenters. The number of primary sulfonamides is 1. The molecule has 1 aromatic heterocycles.